The Bertz CT molecular complexity index is 665. The second-order valence-electron chi connectivity index (χ2n) is 4.63. The number of methoxy groups -OCH3 is 1. The second-order valence-corrected chi connectivity index (χ2v) is 4.63. The molecule has 0 unspecified atom stereocenters. The number of hydrogen-bond donors (Lipinski definition) is 0. The van der Waals surface area contributed by atoms with Gasteiger partial charge in [0, 0.05) is 5.56 Å². The molecule has 3 nitrogen and oxygen atoms in total. The van der Waals surface area contributed by atoms with Crippen LogP contribution in [0.1, 0.15) is 38.8 Å². The predicted octanol–water partition coefficient (Wildman–Crippen LogP) is 3.85. The van der Waals surface area contributed by atoms with Crippen molar-refractivity contribution >= 4 is 23.9 Å². The predicted molar refractivity (Wildman–Crippen MR) is 83.2 cm³/mol. The van der Waals surface area contributed by atoms with E-state index < -0.39 is 0 Å². The van der Waals surface area contributed by atoms with Crippen LogP contribution in [0.3, 0.4) is 0 Å². The van der Waals surface area contributed by atoms with Crippen LogP contribution in [-0.2, 0) is 4.74 Å². The molecule has 0 bridgehead atoms. The van der Waals surface area contributed by atoms with Gasteiger partial charge in [0.1, 0.15) is 0 Å². The highest BCUT2D eigenvalue weighted by Gasteiger charge is 2.03. The SMILES string of the molecule is COC(=O)c1ccc(/C=C/c2ccc(C(C)=O)cc2)cc1. The maximum Gasteiger partial charge on any atom is 0.337 e. The third-order valence-electron chi connectivity index (χ3n) is 3.12. The third kappa shape index (κ3) is 3.89. The number of carbonyl (C=O) groups is 2. The van der Waals surface area contributed by atoms with Crippen molar-refractivity contribution in [1.82, 2.24) is 0 Å². The minimum absolute atomic E-state index is 0.0592. The lowest BCUT2D eigenvalue weighted by Crippen LogP contribution is -2.00. The zero-order chi connectivity index (χ0) is 15.2. The molecule has 21 heavy (non-hydrogen) atoms. The minimum Gasteiger partial charge on any atom is -0.465 e. The van der Waals surface area contributed by atoms with Crippen LogP contribution < -0.4 is 0 Å². The summed E-state index contributed by atoms with van der Waals surface area (Å²) in [5.74, 6) is -0.283. The number of benzene rings is 2. The molecule has 106 valence electrons. The summed E-state index contributed by atoms with van der Waals surface area (Å²) in [6, 6.07) is 14.6. The van der Waals surface area contributed by atoms with Crippen LogP contribution in [0, 0.1) is 0 Å². The fourth-order valence-corrected chi connectivity index (χ4v) is 1.87. The maximum absolute atomic E-state index is 11.3. The first-order chi connectivity index (χ1) is 10.1. The second kappa shape index (κ2) is 6.66. The highest BCUT2D eigenvalue weighted by Crippen LogP contribution is 2.11. The molecule has 3 heteroatoms. The van der Waals surface area contributed by atoms with Crippen molar-refractivity contribution in [3.05, 3.63) is 70.8 Å². The molecule has 0 aliphatic heterocycles. The van der Waals surface area contributed by atoms with Gasteiger partial charge >= 0.3 is 5.97 Å². The molecule has 2 aromatic carbocycles. The Labute approximate surface area is 123 Å². The summed E-state index contributed by atoms with van der Waals surface area (Å²) < 4.78 is 4.65. The van der Waals surface area contributed by atoms with Crippen LogP contribution in [0.2, 0.25) is 0 Å². The molecule has 0 amide bonds. The standard InChI is InChI=1S/C18H16O3/c1-13(19)16-9-5-14(6-10-16)3-4-15-7-11-17(12-8-15)18(20)21-2/h3-12H,1-2H3/b4-3+. The van der Waals surface area contributed by atoms with E-state index in [0.717, 1.165) is 11.1 Å². The quantitative estimate of drug-likeness (QED) is 0.485. The molecular formula is C18H16O3. The zero-order valence-corrected chi connectivity index (χ0v) is 12.0. The van der Waals surface area contributed by atoms with Gasteiger partial charge in [-0.05, 0) is 30.2 Å². The first kappa shape index (κ1) is 14.7. The minimum atomic E-state index is -0.342. The molecule has 0 aliphatic rings. The first-order valence-corrected chi connectivity index (χ1v) is 6.57. The van der Waals surface area contributed by atoms with Crippen molar-refractivity contribution in [2.24, 2.45) is 0 Å². The summed E-state index contributed by atoms with van der Waals surface area (Å²) in [4.78, 5) is 22.5. The molecule has 0 aromatic heterocycles. The average molecular weight is 280 g/mol. The Morgan fingerprint density at radius 2 is 1.24 bits per heavy atom. The summed E-state index contributed by atoms with van der Waals surface area (Å²) >= 11 is 0. The van der Waals surface area contributed by atoms with Gasteiger partial charge in [0.2, 0.25) is 0 Å². The van der Waals surface area contributed by atoms with E-state index in [1.54, 1.807) is 19.1 Å². The van der Waals surface area contributed by atoms with E-state index >= 15 is 0 Å². The molecule has 0 fully saturated rings. The Hall–Kier alpha value is -2.68. The van der Waals surface area contributed by atoms with Crippen molar-refractivity contribution in [3.63, 3.8) is 0 Å². The Morgan fingerprint density at radius 1 is 0.810 bits per heavy atom. The molecule has 2 rings (SSSR count). The van der Waals surface area contributed by atoms with Crippen LogP contribution >= 0.6 is 0 Å². The Morgan fingerprint density at radius 3 is 1.62 bits per heavy atom. The van der Waals surface area contributed by atoms with Gasteiger partial charge in [-0.1, -0.05) is 48.6 Å². The maximum atomic E-state index is 11.3. The molecule has 0 radical (unpaired) electrons. The van der Waals surface area contributed by atoms with Gasteiger partial charge < -0.3 is 4.74 Å². The van der Waals surface area contributed by atoms with Crippen LogP contribution in [0.5, 0.6) is 0 Å². The van der Waals surface area contributed by atoms with Gasteiger partial charge in [-0.25, -0.2) is 4.79 Å². The number of carbonyl (C=O) groups excluding carboxylic acids is 2. The molecule has 0 saturated heterocycles. The van der Waals surface area contributed by atoms with Gasteiger partial charge in [-0.15, -0.1) is 0 Å². The van der Waals surface area contributed by atoms with Crippen LogP contribution in [0.4, 0.5) is 0 Å². The van der Waals surface area contributed by atoms with E-state index in [1.807, 2.05) is 48.6 Å². The van der Waals surface area contributed by atoms with E-state index in [1.165, 1.54) is 7.11 Å². The van der Waals surface area contributed by atoms with Gasteiger partial charge in [-0.2, -0.15) is 0 Å². The highest BCUT2D eigenvalue weighted by atomic mass is 16.5. The summed E-state index contributed by atoms with van der Waals surface area (Å²) in [5, 5.41) is 0. The number of esters is 1. The molecule has 0 heterocycles. The molecule has 0 spiro atoms. The van der Waals surface area contributed by atoms with Gasteiger partial charge in [-0.3, -0.25) is 4.79 Å². The van der Waals surface area contributed by atoms with E-state index in [9.17, 15) is 9.59 Å². The highest BCUT2D eigenvalue weighted by molar-refractivity contribution is 5.94. The number of hydrogen-bond acceptors (Lipinski definition) is 3. The zero-order valence-electron chi connectivity index (χ0n) is 12.0. The average Bonchev–Trinajstić information content (AvgIpc) is 2.53. The lowest BCUT2D eigenvalue weighted by atomic mass is 10.1. The van der Waals surface area contributed by atoms with Crippen molar-refractivity contribution in [1.29, 1.82) is 0 Å². The van der Waals surface area contributed by atoms with Gasteiger partial charge in [0.25, 0.3) is 0 Å². The normalized spacial score (nSPS) is 10.6. The summed E-state index contributed by atoms with van der Waals surface area (Å²) in [5.41, 5.74) is 3.23. The fraction of sp³-hybridized carbons (Fsp3) is 0.111. The van der Waals surface area contributed by atoms with Crippen molar-refractivity contribution in [2.75, 3.05) is 7.11 Å². The first-order valence-electron chi connectivity index (χ1n) is 6.57. The fourth-order valence-electron chi connectivity index (χ4n) is 1.87. The Kier molecular flexibility index (Phi) is 4.67. The molecule has 0 atom stereocenters. The van der Waals surface area contributed by atoms with Gasteiger partial charge in [0.15, 0.2) is 5.78 Å². The van der Waals surface area contributed by atoms with E-state index in [2.05, 4.69) is 4.74 Å². The third-order valence-corrected chi connectivity index (χ3v) is 3.12. The van der Waals surface area contributed by atoms with Crippen molar-refractivity contribution in [3.8, 4) is 0 Å². The molecule has 0 saturated carbocycles. The number of ketones is 1. The molecule has 2 aromatic rings. The summed E-state index contributed by atoms with van der Waals surface area (Å²) in [6.07, 6.45) is 3.90. The van der Waals surface area contributed by atoms with Crippen molar-refractivity contribution in [2.45, 2.75) is 6.92 Å². The topological polar surface area (TPSA) is 43.4 Å². The molecule has 0 N–H and O–H groups in total. The monoisotopic (exact) mass is 280 g/mol. The lowest BCUT2D eigenvalue weighted by molar-refractivity contribution is 0.0600. The lowest BCUT2D eigenvalue weighted by Gasteiger charge is -2.00. The molecule has 0 aliphatic carbocycles. The van der Waals surface area contributed by atoms with E-state index in [4.69, 9.17) is 0 Å². The van der Waals surface area contributed by atoms with E-state index in [0.29, 0.717) is 11.1 Å². The number of rotatable bonds is 4. The van der Waals surface area contributed by atoms with Crippen LogP contribution in [0.15, 0.2) is 48.5 Å². The Balaban J connectivity index is 2.10. The number of ether oxygens (including phenoxy) is 1. The number of Topliss-reactive ketones (excluding diaryl/α,β-unsaturated/α-hetero) is 1. The summed E-state index contributed by atoms with van der Waals surface area (Å²) in [7, 11) is 1.36. The van der Waals surface area contributed by atoms with Crippen LogP contribution in [-0.4, -0.2) is 18.9 Å². The van der Waals surface area contributed by atoms with Gasteiger partial charge in [0.05, 0.1) is 12.7 Å². The van der Waals surface area contributed by atoms with Crippen LogP contribution in [0.25, 0.3) is 12.2 Å². The summed E-state index contributed by atoms with van der Waals surface area (Å²) in [6.45, 7) is 1.55. The van der Waals surface area contributed by atoms with Crippen molar-refractivity contribution < 1.29 is 14.3 Å². The van der Waals surface area contributed by atoms with E-state index in [-0.39, 0.29) is 11.8 Å². The smallest absolute Gasteiger partial charge is 0.337 e. The largest absolute Gasteiger partial charge is 0.465 e. The molecular weight excluding hydrogens is 264 g/mol.